The molecule has 0 aromatic heterocycles. The molecule has 1 saturated heterocycles. The summed E-state index contributed by atoms with van der Waals surface area (Å²) in [5.74, 6) is 1.66. The molecular formula is C17H32N2. The molecule has 0 radical (unpaired) electrons. The van der Waals surface area contributed by atoms with Gasteiger partial charge in [0.1, 0.15) is 0 Å². The number of piperazine rings is 1. The number of rotatable bonds is 5. The van der Waals surface area contributed by atoms with Gasteiger partial charge in [-0.25, -0.2) is 0 Å². The highest BCUT2D eigenvalue weighted by atomic mass is 15.2. The Bertz CT molecular complexity index is 268. The topological polar surface area (TPSA) is 15.3 Å². The van der Waals surface area contributed by atoms with E-state index >= 15 is 0 Å². The summed E-state index contributed by atoms with van der Waals surface area (Å²) in [6.07, 6.45) is 10.4. The highest BCUT2D eigenvalue weighted by Gasteiger charge is 2.33. The molecular weight excluding hydrogens is 232 g/mol. The molecule has 0 amide bonds. The second-order valence-corrected chi connectivity index (χ2v) is 6.80. The molecule has 19 heavy (non-hydrogen) atoms. The number of nitrogens with one attached hydrogen (secondary N) is 1. The van der Waals surface area contributed by atoms with Crippen molar-refractivity contribution in [2.24, 2.45) is 11.8 Å². The Labute approximate surface area is 119 Å². The largest absolute Gasteiger partial charge is 0.311 e. The smallest absolute Gasteiger partial charge is 0.0244 e. The summed E-state index contributed by atoms with van der Waals surface area (Å²) in [6.45, 7) is 12.2. The van der Waals surface area contributed by atoms with Crippen molar-refractivity contribution in [1.82, 2.24) is 10.2 Å². The molecule has 0 spiro atoms. The first-order chi connectivity index (χ1) is 9.22. The predicted octanol–water partition coefficient (Wildman–Crippen LogP) is 3.44. The van der Waals surface area contributed by atoms with Gasteiger partial charge in [-0.1, -0.05) is 39.2 Å². The van der Waals surface area contributed by atoms with Crippen molar-refractivity contribution in [2.75, 3.05) is 19.6 Å². The zero-order valence-corrected chi connectivity index (χ0v) is 12.9. The molecule has 2 atom stereocenters. The van der Waals surface area contributed by atoms with Crippen LogP contribution in [0.25, 0.3) is 0 Å². The van der Waals surface area contributed by atoms with Crippen LogP contribution in [0.1, 0.15) is 52.4 Å². The van der Waals surface area contributed by atoms with E-state index in [1.165, 1.54) is 51.7 Å². The quantitative estimate of drug-likeness (QED) is 0.765. The van der Waals surface area contributed by atoms with E-state index < -0.39 is 0 Å². The van der Waals surface area contributed by atoms with Crippen molar-refractivity contribution >= 4 is 0 Å². The van der Waals surface area contributed by atoms with Crippen molar-refractivity contribution in [3.8, 4) is 0 Å². The fourth-order valence-electron chi connectivity index (χ4n) is 3.88. The number of hydrogen-bond donors (Lipinski definition) is 1. The molecule has 0 aromatic carbocycles. The summed E-state index contributed by atoms with van der Waals surface area (Å²) in [4.78, 5) is 2.72. The minimum absolute atomic E-state index is 0.708. The van der Waals surface area contributed by atoms with Crippen LogP contribution in [-0.4, -0.2) is 36.6 Å². The first kappa shape index (κ1) is 15.1. The summed E-state index contributed by atoms with van der Waals surface area (Å²) in [5.41, 5.74) is 0. The van der Waals surface area contributed by atoms with Crippen LogP contribution in [0.5, 0.6) is 0 Å². The molecule has 1 aliphatic carbocycles. The molecule has 1 aliphatic heterocycles. The van der Waals surface area contributed by atoms with Gasteiger partial charge in [0.05, 0.1) is 0 Å². The average molecular weight is 264 g/mol. The lowest BCUT2D eigenvalue weighted by Crippen LogP contribution is -2.60. The SMILES string of the molecule is C=CCCN1CC(C2CCCCC2)NCC1C(C)C. The molecule has 1 N–H and O–H groups in total. The van der Waals surface area contributed by atoms with E-state index in [1.807, 2.05) is 0 Å². The van der Waals surface area contributed by atoms with Crippen molar-refractivity contribution in [3.63, 3.8) is 0 Å². The van der Waals surface area contributed by atoms with Crippen molar-refractivity contribution in [2.45, 2.75) is 64.5 Å². The van der Waals surface area contributed by atoms with E-state index in [2.05, 4.69) is 36.7 Å². The highest BCUT2D eigenvalue weighted by Crippen LogP contribution is 2.29. The lowest BCUT2D eigenvalue weighted by Gasteiger charge is -2.45. The van der Waals surface area contributed by atoms with Crippen LogP contribution >= 0.6 is 0 Å². The molecule has 2 aliphatic rings. The van der Waals surface area contributed by atoms with Crippen LogP contribution in [0, 0.1) is 11.8 Å². The molecule has 2 nitrogen and oxygen atoms in total. The monoisotopic (exact) mass is 264 g/mol. The van der Waals surface area contributed by atoms with Gasteiger partial charge in [-0.3, -0.25) is 4.90 Å². The summed E-state index contributed by atoms with van der Waals surface area (Å²) >= 11 is 0. The Morgan fingerprint density at radius 2 is 2.00 bits per heavy atom. The van der Waals surface area contributed by atoms with Crippen molar-refractivity contribution in [1.29, 1.82) is 0 Å². The lowest BCUT2D eigenvalue weighted by atomic mass is 9.82. The zero-order chi connectivity index (χ0) is 13.7. The third-order valence-corrected chi connectivity index (χ3v) is 5.10. The average Bonchev–Trinajstić information content (AvgIpc) is 2.45. The molecule has 110 valence electrons. The van der Waals surface area contributed by atoms with Crippen LogP contribution in [0.4, 0.5) is 0 Å². The summed E-state index contributed by atoms with van der Waals surface area (Å²) in [5, 5.41) is 3.86. The summed E-state index contributed by atoms with van der Waals surface area (Å²) < 4.78 is 0. The molecule has 2 rings (SSSR count). The van der Waals surface area contributed by atoms with Gasteiger partial charge in [0, 0.05) is 31.7 Å². The fraction of sp³-hybridized carbons (Fsp3) is 0.882. The van der Waals surface area contributed by atoms with Crippen LogP contribution in [0.2, 0.25) is 0 Å². The Hall–Kier alpha value is -0.340. The molecule has 1 heterocycles. The van der Waals surface area contributed by atoms with E-state index in [9.17, 15) is 0 Å². The van der Waals surface area contributed by atoms with E-state index in [0.717, 1.165) is 24.3 Å². The van der Waals surface area contributed by atoms with E-state index in [-0.39, 0.29) is 0 Å². The third kappa shape index (κ3) is 4.06. The maximum Gasteiger partial charge on any atom is 0.0244 e. The molecule has 2 fully saturated rings. The Kier molecular flexibility index (Phi) is 5.90. The van der Waals surface area contributed by atoms with Crippen molar-refractivity contribution in [3.05, 3.63) is 12.7 Å². The number of hydrogen-bond acceptors (Lipinski definition) is 2. The predicted molar refractivity (Wildman–Crippen MR) is 83.4 cm³/mol. The first-order valence-corrected chi connectivity index (χ1v) is 8.30. The van der Waals surface area contributed by atoms with Crippen LogP contribution in [0.15, 0.2) is 12.7 Å². The van der Waals surface area contributed by atoms with Gasteiger partial charge in [-0.2, -0.15) is 0 Å². The van der Waals surface area contributed by atoms with Crippen LogP contribution in [0.3, 0.4) is 0 Å². The summed E-state index contributed by atoms with van der Waals surface area (Å²) in [6, 6.07) is 1.44. The summed E-state index contributed by atoms with van der Waals surface area (Å²) in [7, 11) is 0. The molecule has 0 aromatic rings. The molecule has 2 heteroatoms. The second kappa shape index (κ2) is 7.44. The first-order valence-electron chi connectivity index (χ1n) is 8.30. The minimum atomic E-state index is 0.708. The maximum atomic E-state index is 3.88. The fourth-order valence-corrected chi connectivity index (χ4v) is 3.88. The van der Waals surface area contributed by atoms with Gasteiger partial charge in [-0.05, 0) is 31.1 Å². The van der Waals surface area contributed by atoms with Gasteiger partial charge in [0.2, 0.25) is 0 Å². The second-order valence-electron chi connectivity index (χ2n) is 6.80. The van der Waals surface area contributed by atoms with Gasteiger partial charge < -0.3 is 5.32 Å². The van der Waals surface area contributed by atoms with Crippen LogP contribution < -0.4 is 5.32 Å². The van der Waals surface area contributed by atoms with E-state index in [4.69, 9.17) is 0 Å². The highest BCUT2D eigenvalue weighted by molar-refractivity contribution is 4.92. The van der Waals surface area contributed by atoms with Gasteiger partial charge in [0.25, 0.3) is 0 Å². The van der Waals surface area contributed by atoms with E-state index in [0.29, 0.717) is 6.04 Å². The lowest BCUT2D eigenvalue weighted by molar-refractivity contribution is 0.0737. The molecule has 1 saturated carbocycles. The zero-order valence-electron chi connectivity index (χ0n) is 12.9. The van der Waals surface area contributed by atoms with Crippen LogP contribution in [-0.2, 0) is 0 Å². The molecule has 0 bridgehead atoms. The normalized spacial score (nSPS) is 30.7. The van der Waals surface area contributed by atoms with E-state index in [1.54, 1.807) is 0 Å². The van der Waals surface area contributed by atoms with Crippen molar-refractivity contribution < 1.29 is 0 Å². The van der Waals surface area contributed by atoms with Gasteiger partial charge >= 0.3 is 0 Å². The molecule has 2 unspecified atom stereocenters. The number of nitrogens with zero attached hydrogens (tertiary/aromatic N) is 1. The Morgan fingerprint density at radius 3 is 2.63 bits per heavy atom. The maximum absolute atomic E-state index is 3.88. The van der Waals surface area contributed by atoms with Gasteiger partial charge in [-0.15, -0.1) is 6.58 Å². The standard InChI is InChI=1S/C17H32N2/c1-4-5-11-19-13-16(15-9-7-6-8-10-15)18-12-17(19)14(2)3/h4,14-18H,1,5-13H2,2-3H3. The Balaban J connectivity index is 1.92. The third-order valence-electron chi connectivity index (χ3n) is 5.10. The van der Waals surface area contributed by atoms with Gasteiger partial charge in [0.15, 0.2) is 0 Å². The minimum Gasteiger partial charge on any atom is -0.311 e. The Morgan fingerprint density at radius 1 is 1.26 bits per heavy atom.